The predicted molar refractivity (Wildman–Crippen MR) is 143 cm³/mol. The van der Waals surface area contributed by atoms with Crippen molar-refractivity contribution in [2.75, 3.05) is 33.3 Å². The van der Waals surface area contributed by atoms with E-state index in [1.807, 2.05) is 6.07 Å². The van der Waals surface area contributed by atoms with Crippen LogP contribution < -0.4 is 23.8 Å². The number of amides is 1. The number of hydrogen-bond donors (Lipinski definition) is 1. The average Bonchev–Trinajstić information content (AvgIpc) is 3.49. The molecule has 1 aromatic heterocycles. The molecule has 1 N–H and O–H groups in total. The van der Waals surface area contributed by atoms with Crippen LogP contribution in [-0.4, -0.2) is 50.2 Å². The van der Waals surface area contributed by atoms with Gasteiger partial charge in [0.05, 0.1) is 44.2 Å². The Bertz CT molecular complexity index is 1580. The van der Waals surface area contributed by atoms with E-state index in [0.717, 1.165) is 4.70 Å². The van der Waals surface area contributed by atoms with Crippen molar-refractivity contribution < 1.29 is 33.6 Å². The van der Waals surface area contributed by atoms with Crippen LogP contribution in [0.5, 0.6) is 23.0 Å². The molecule has 0 radical (unpaired) electrons. The van der Waals surface area contributed by atoms with Gasteiger partial charge in [-0.05, 0) is 48.5 Å². The zero-order valence-corrected chi connectivity index (χ0v) is 21.9. The molecule has 2 heterocycles. The summed E-state index contributed by atoms with van der Waals surface area (Å²) in [5, 5.41) is 11.7. The maximum Gasteiger partial charge on any atom is 0.301 e. The highest BCUT2D eigenvalue weighted by molar-refractivity contribution is 7.22. The van der Waals surface area contributed by atoms with Crippen LogP contribution in [0.3, 0.4) is 0 Å². The number of thiazole rings is 1. The van der Waals surface area contributed by atoms with E-state index in [1.54, 1.807) is 61.7 Å². The summed E-state index contributed by atoms with van der Waals surface area (Å²) >= 11 is 1.24. The summed E-state index contributed by atoms with van der Waals surface area (Å²) in [6.07, 6.45) is 0. The molecule has 0 bridgehead atoms. The first-order valence-electron chi connectivity index (χ1n) is 11.5. The number of carbonyl (C=O) groups excluding carboxylic acids is 2. The lowest BCUT2D eigenvalue weighted by Gasteiger charge is -2.25. The zero-order chi connectivity index (χ0) is 27.0. The molecule has 0 spiro atoms. The molecule has 1 aliphatic rings. The molecule has 1 amide bonds. The zero-order valence-electron chi connectivity index (χ0n) is 21.1. The molecule has 4 aromatic rings. The van der Waals surface area contributed by atoms with E-state index in [2.05, 4.69) is 4.98 Å². The van der Waals surface area contributed by atoms with Gasteiger partial charge in [-0.2, -0.15) is 0 Å². The van der Waals surface area contributed by atoms with Crippen molar-refractivity contribution in [1.29, 1.82) is 0 Å². The van der Waals surface area contributed by atoms with E-state index in [4.69, 9.17) is 18.9 Å². The largest absolute Gasteiger partial charge is 0.507 e. The molecule has 3 aromatic carbocycles. The second-order valence-corrected chi connectivity index (χ2v) is 9.32. The number of ketones is 1. The van der Waals surface area contributed by atoms with Gasteiger partial charge in [-0.25, -0.2) is 4.98 Å². The maximum atomic E-state index is 13.6. The van der Waals surface area contributed by atoms with Crippen molar-refractivity contribution in [2.45, 2.75) is 6.04 Å². The van der Waals surface area contributed by atoms with Gasteiger partial charge in [0.25, 0.3) is 5.78 Å². The summed E-state index contributed by atoms with van der Waals surface area (Å²) < 4.78 is 22.4. The number of ether oxygens (including phenoxy) is 4. The van der Waals surface area contributed by atoms with Crippen LogP contribution in [0.4, 0.5) is 5.13 Å². The van der Waals surface area contributed by atoms with Crippen LogP contribution in [0.15, 0.2) is 66.2 Å². The monoisotopic (exact) mass is 532 g/mol. The topological polar surface area (TPSA) is 107 Å². The smallest absolute Gasteiger partial charge is 0.301 e. The van der Waals surface area contributed by atoms with E-state index < -0.39 is 17.7 Å². The van der Waals surface area contributed by atoms with Gasteiger partial charge in [0.2, 0.25) is 0 Å². The summed E-state index contributed by atoms with van der Waals surface area (Å²) in [6.45, 7) is 0. The molecule has 0 saturated carbocycles. The minimum Gasteiger partial charge on any atom is -0.507 e. The molecule has 1 aliphatic heterocycles. The minimum absolute atomic E-state index is 0.0939. The molecule has 9 nitrogen and oxygen atoms in total. The minimum atomic E-state index is -1.04. The number of hydrogen-bond acceptors (Lipinski definition) is 9. The molecule has 1 unspecified atom stereocenters. The number of rotatable bonds is 7. The van der Waals surface area contributed by atoms with Crippen molar-refractivity contribution in [3.05, 3.63) is 77.4 Å². The Morgan fingerprint density at radius 2 is 1.61 bits per heavy atom. The van der Waals surface area contributed by atoms with Crippen LogP contribution >= 0.6 is 11.3 Å². The SMILES string of the molecule is COc1ccc(C(O)=C2C(=O)C(=O)N(c3nc4ccc(OC)cc4s3)C2c2cccc(OC)c2OC)cc1. The summed E-state index contributed by atoms with van der Waals surface area (Å²) in [5.74, 6) is -0.0280. The Kier molecular flexibility index (Phi) is 6.64. The number of Topliss-reactive ketones (excluding diaryl/α,β-unsaturated/α-hetero) is 1. The second kappa shape index (κ2) is 10.1. The highest BCUT2D eigenvalue weighted by Crippen LogP contribution is 2.48. The quantitative estimate of drug-likeness (QED) is 0.202. The molecule has 10 heteroatoms. The normalized spacial score (nSPS) is 16.6. The van der Waals surface area contributed by atoms with Gasteiger partial charge in [-0.3, -0.25) is 14.5 Å². The van der Waals surface area contributed by atoms with Crippen LogP contribution in [0.25, 0.3) is 16.0 Å². The maximum absolute atomic E-state index is 13.6. The van der Waals surface area contributed by atoms with Gasteiger partial charge < -0.3 is 24.1 Å². The third kappa shape index (κ3) is 4.08. The standard InChI is InChI=1S/C28H24N2O7S/c1-34-16-10-8-15(9-11-16)24(31)22-23(18-6-5-7-20(36-3)26(18)37-4)30(27(33)25(22)32)28-29-19-13-12-17(35-2)14-21(19)38-28/h5-14,23,31H,1-4H3. The number of fused-ring (bicyclic) bond motifs is 1. The summed E-state index contributed by atoms with van der Waals surface area (Å²) in [6, 6.07) is 16.0. The Hall–Kier alpha value is -4.57. The van der Waals surface area contributed by atoms with E-state index >= 15 is 0 Å². The van der Waals surface area contributed by atoms with Crippen LogP contribution in [-0.2, 0) is 9.59 Å². The van der Waals surface area contributed by atoms with Gasteiger partial charge in [0.1, 0.15) is 23.3 Å². The lowest BCUT2D eigenvalue weighted by atomic mass is 9.94. The van der Waals surface area contributed by atoms with Crippen molar-refractivity contribution in [3.8, 4) is 23.0 Å². The fraction of sp³-hybridized carbons (Fsp3) is 0.179. The van der Waals surface area contributed by atoms with E-state index in [9.17, 15) is 14.7 Å². The Labute approximate surface area is 222 Å². The molecule has 1 atom stereocenters. The number of aromatic nitrogens is 1. The molecule has 1 saturated heterocycles. The van der Waals surface area contributed by atoms with Gasteiger partial charge in [-0.1, -0.05) is 23.5 Å². The Morgan fingerprint density at radius 1 is 0.895 bits per heavy atom. The molecular weight excluding hydrogens is 508 g/mol. The highest BCUT2D eigenvalue weighted by atomic mass is 32.1. The van der Waals surface area contributed by atoms with E-state index in [0.29, 0.717) is 44.8 Å². The van der Waals surface area contributed by atoms with Gasteiger partial charge in [0.15, 0.2) is 16.6 Å². The second-order valence-electron chi connectivity index (χ2n) is 8.31. The fourth-order valence-corrected chi connectivity index (χ4v) is 5.50. The predicted octanol–water partition coefficient (Wildman–Crippen LogP) is 4.96. The van der Waals surface area contributed by atoms with Crippen LogP contribution in [0, 0.1) is 0 Å². The molecule has 5 rings (SSSR count). The highest BCUT2D eigenvalue weighted by Gasteiger charge is 2.49. The number of aliphatic hydroxyl groups excluding tert-OH is 1. The molecule has 1 fully saturated rings. The number of aliphatic hydroxyl groups is 1. The lowest BCUT2D eigenvalue weighted by molar-refractivity contribution is -0.132. The number of carbonyl (C=O) groups is 2. The molecular formula is C28H24N2O7S. The Balaban J connectivity index is 1.76. The number of nitrogens with zero attached hydrogens (tertiary/aromatic N) is 2. The van der Waals surface area contributed by atoms with Crippen molar-refractivity contribution in [1.82, 2.24) is 4.98 Å². The van der Waals surface area contributed by atoms with E-state index in [-0.39, 0.29) is 11.3 Å². The first kappa shape index (κ1) is 25.1. The average molecular weight is 533 g/mol. The molecule has 194 valence electrons. The van der Waals surface area contributed by atoms with Crippen LogP contribution in [0.2, 0.25) is 0 Å². The molecule has 38 heavy (non-hydrogen) atoms. The summed E-state index contributed by atoms with van der Waals surface area (Å²) in [7, 11) is 6.07. The molecule has 0 aliphatic carbocycles. The van der Waals surface area contributed by atoms with Crippen molar-refractivity contribution in [3.63, 3.8) is 0 Å². The summed E-state index contributed by atoms with van der Waals surface area (Å²) in [5.41, 5.74) is 1.35. The number of benzene rings is 3. The van der Waals surface area contributed by atoms with Crippen LogP contribution in [0.1, 0.15) is 17.2 Å². The third-order valence-electron chi connectivity index (χ3n) is 6.33. The summed E-state index contributed by atoms with van der Waals surface area (Å²) in [4.78, 5) is 33.0. The lowest BCUT2D eigenvalue weighted by Crippen LogP contribution is -2.29. The number of para-hydroxylation sites is 1. The first-order chi connectivity index (χ1) is 18.4. The fourth-order valence-electron chi connectivity index (χ4n) is 4.48. The van der Waals surface area contributed by atoms with Gasteiger partial charge >= 0.3 is 5.91 Å². The first-order valence-corrected chi connectivity index (χ1v) is 12.3. The third-order valence-corrected chi connectivity index (χ3v) is 7.34. The van der Waals surface area contributed by atoms with Gasteiger partial charge in [0, 0.05) is 11.1 Å². The van der Waals surface area contributed by atoms with Crippen molar-refractivity contribution >= 4 is 44.1 Å². The number of methoxy groups -OCH3 is 4. The van der Waals surface area contributed by atoms with E-state index in [1.165, 1.54) is 37.6 Å². The van der Waals surface area contributed by atoms with Crippen molar-refractivity contribution in [2.24, 2.45) is 0 Å². The van der Waals surface area contributed by atoms with Gasteiger partial charge in [-0.15, -0.1) is 0 Å². The Morgan fingerprint density at radius 3 is 2.26 bits per heavy atom. The number of anilines is 1.